The number of ether oxygens (including phenoxy) is 2. The zero-order valence-corrected chi connectivity index (χ0v) is 19.9. The average molecular weight is 474 g/mol. The Bertz CT molecular complexity index is 1260. The normalized spacial score (nSPS) is 13.5. The number of Topliss-reactive ketones (excluding diaryl/α,β-unsaturated/α-hetero) is 1. The maximum atomic E-state index is 12.9. The Morgan fingerprint density at radius 3 is 2.74 bits per heavy atom. The molecule has 2 amide bonds. The number of amides is 2. The van der Waals surface area contributed by atoms with Crippen LogP contribution in [0.1, 0.15) is 34.0 Å². The van der Waals surface area contributed by atoms with E-state index in [1.165, 1.54) is 4.90 Å². The topological polar surface area (TPSA) is 97.8 Å². The Hall–Kier alpha value is -4.20. The lowest BCUT2D eigenvalue weighted by atomic mass is 10.1. The van der Waals surface area contributed by atoms with E-state index in [0.29, 0.717) is 22.7 Å². The lowest BCUT2D eigenvalue weighted by molar-refractivity contribution is -0.127. The van der Waals surface area contributed by atoms with Crippen LogP contribution in [0.15, 0.2) is 60.9 Å². The van der Waals surface area contributed by atoms with E-state index < -0.39 is 6.04 Å². The number of aryl methyl sites for hydroxylation is 2. The first-order chi connectivity index (χ1) is 16.8. The van der Waals surface area contributed by atoms with Gasteiger partial charge in [0.2, 0.25) is 5.91 Å². The highest BCUT2D eigenvalue weighted by molar-refractivity contribution is 6.05. The largest absolute Gasteiger partial charge is 0.485 e. The van der Waals surface area contributed by atoms with Crippen molar-refractivity contribution in [1.29, 1.82) is 0 Å². The van der Waals surface area contributed by atoms with Crippen LogP contribution in [0.4, 0.5) is 5.69 Å². The molecule has 2 heterocycles. The Morgan fingerprint density at radius 2 is 2.00 bits per heavy atom. The van der Waals surface area contributed by atoms with Crippen LogP contribution in [0.25, 0.3) is 0 Å². The van der Waals surface area contributed by atoms with Gasteiger partial charge in [0.25, 0.3) is 5.91 Å². The second-order valence-corrected chi connectivity index (χ2v) is 8.47. The van der Waals surface area contributed by atoms with Gasteiger partial charge in [-0.05, 0) is 62.2 Å². The zero-order chi connectivity index (χ0) is 24.9. The lowest BCUT2D eigenvalue weighted by Gasteiger charge is -2.33. The van der Waals surface area contributed by atoms with E-state index in [9.17, 15) is 14.4 Å². The number of carbonyl (C=O) groups excluding carboxylic acids is 3. The number of pyridine rings is 1. The summed E-state index contributed by atoms with van der Waals surface area (Å²) in [6.07, 6.45) is 3.32. The van der Waals surface area contributed by atoms with Crippen LogP contribution >= 0.6 is 0 Å². The predicted octanol–water partition coefficient (Wildman–Crippen LogP) is 3.39. The molecule has 1 aliphatic rings. The van der Waals surface area contributed by atoms with Crippen molar-refractivity contribution in [2.75, 3.05) is 18.1 Å². The fraction of sp³-hybridized carbons (Fsp3) is 0.259. The average Bonchev–Trinajstić information content (AvgIpc) is 2.86. The summed E-state index contributed by atoms with van der Waals surface area (Å²) < 4.78 is 11.3. The van der Waals surface area contributed by atoms with Crippen molar-refractivity contribution in [2.45, 2.75) is 33.4 Å². The molecule has 0 spiro atoms. The molecule has 0 bridgehead atoms. The van der Waals surface area contributed by atoms with Gasteiger partial charge in [0.1, 0.15) is 17.5 Å². The molecule has 1 N–H and O–H groups in total. The predicted molar refractivity (Wildman–Crippen MR) is 131 cm³/mol. The molecule has 35 heavy (non-hydrogen) atoms. The number of carbonyl (C=O) groups is 3. The van der Waals surface area contributed by atoms with Gasteiger partial charge in [-0.1, -0.05) is 23.8 Å². The number of rotatable bonds is 8. The minimum absolute atomic E-state index is 0.154. The van der Waals surface area contributed by atoms with Crippen LogP contribution in [-0.4, -0.2) is 41.8 Å². The van der Waals surface area contributed by atoms with Gasteiger partial charge in [0.15, 0.2) is 19.0 Å². The van der Waals surface area contributed by atoms with Gasteiger partial charge in [-0.2, -0.15) is 0 Å². The van der Waals surface area contributed by atoms with Crippen LogP contribution in [0.2, 0.25) is 0 Å². The highest BCUT2D eigenvalue weighted by Crippen LogP contribution is 2.34. The van der Waals surface area contributed by atoms with E-state index in [-0.39, 0.29) is 37.4 Å². The van der Waals surface area contributed by atoms with E-state index in [2.05, 4.69) is 10.3 Å². The maximum Gasteiger partial charge on any atom is 0.265 e. The maximum absolute atomic E-state index is 12.9. The number of hydrogen-bond acceptors (Lipinski definition) is 6. The number of ketones is 1. The summed E-state index contributed by atoms with van der Waals surface area (Å²) in [4.78, 5) is 43.9. The summed E-state index contributed by atoms with van der Waals surface area (Å²) in [6.45, 7) is 5.51. The number of nitrogens with zero attached hydrogens (tertiary/aromatic N) is 2. The Morgan fingerprint density at radius 1 is 1.17 bits per heavy atom. The molecule has 1 aliphatic heterocycles. The minimum Gasteiger partial charge on any atom is -0.485 e. The van der Waals surface area contributed by atoms with Gasteiger partial charge in [-0.3, -0.25) is 24.3 Å². The summed E-state index contributed by atoms with van der Waals surface area (Å²) in [5.74, 6) is 0.131. The van der Waals surface area contributed by atoms with E-state index in [0.717, 1.165) is 16.7 Å². The molecule has 0 saturated heterocycles. The first kappa shape index (κ1) is 23.9. The Balaban J connectivity index is 1.49. The molecule has 8 heteroatoms. The van der Waals surface area contributed by atoms with Crippen LogP contribution in [0.5, 0.6) is 11.5 Å². The number of hydrogen-bond donors (Lipinski definition) is 1. The van der Waals surface area contributed by atoms with E-state index in [4.69, 9.17) is 9.47 Å². The standard InChI is InChI=1S/C27H27N3O5/c1-17-6-8-24(18(2)11-17)34-15-23(31)21-7-9-25-22(12-21)30(26(32)16-35-25)19(3)27(33)29-14-20-5-4-10-28-13-20/h4-13,19H,14-16H2,1-3H3,(H,29,33)/t19-/m0/s1. The third-order valence-corrected chi connectivity index (χ3v) is 5.81. The number of benzene rings is 2. The number of anilines is 1. The SMILES string of the molecule is Cc1ccc(OCC(=O)c2ccc3c(c2)N([C@@H](C)C(=O)NCc2cccnc2)C(=O)CO3)c(C)c1. The molecule has 3 aromatic rings. The molecule has 4 rings (SSSR count). The van der Waals surface area contributed by atoms with E-state index >= 15 is 0 Å². The van der Waals surface area contributed by atoms with E-state index in [1.54, 1.807) is 43.6 Å². The lowest BCUT2D eigenvalue weighted by Crippen LogP contribution is -2.51. The monoisotopic (exact) mass is 473 g/mol. The first-order valence-electron chi connectivity index (χ1n) is 11.3. The Labute approximate surface area is 203 Å². The molecule has 0 unspecified atom stereocenters. The third-order valence-electron chi connectivity index (χ3n) is 5.81. The number of nitrogens with one attached hydrogen (secondary N) is 1. The van der Waals surface area contributed by atoms with Gasteiger partial charge in [-0.15, -0.1) is 0 Å². The minimum atomic E-state index is -0.807. The summed E-state index contributed by atoms with van der Waals surface area (Å²) in [7, 11) is 0. The molecule has 0 saturated carbocycles. The van der Waals surface area contributed by atoms with E-state index in [1.807, 2.05) is 38.1 Å². The number of fused-ring (bicyclic) bond motifs is 1. The van der Waals surface area contributed by atoms with Crippen molar-refractivity contribution in [2.24, 2.45) is 0 Å². The molecular weight excluding hydrogens is 446 g/mol. The second kappa shape index (κ2) is 10.4. The van der Waals surface area contributed by atoms with Crippen molar-refractivity contribution in [3.8, 4) is 11.5 Å². The van der Waals surface area contributed by atoms with Crippen molar-refractivity contribution in [1.82, 2.24) is 10.3 Å². The van der Waals surface area contributed by atoms with Crippen LogP contribution in [-0.2, 0) is 16.1 Å². The van der Waals surface area contributed by atoms with Crippen LogP contribution in [0, 0.1) is 13.8 Å². The molecule has 1 atom stereocenters. The second-order valence-electron chi connectivity index (χ2n) is 8.47. The van der Waals surface area contributed by atoms with Gasteiger partial charge >= 0.3 is 0 Å². The summed E-state index contributed by atoms with van der Waals surface area (Å²) >= 11 is 0. The highest BCUT2D eigenvalue weighted by atomic mass is 16.5. The summed E-state index contributed by atoms with van der Waals surface area (Å²) in [5.41, 5.74) is 3.64. The van der Waals surface area contributed by atoms with Crippen molar-refractivity contribution in [3.63, 3.8) is 0 Å². The number of aromatic nitrogens is 1. The molecule has 180 valence electrons. The molecule has 0 fully saturated rings. The van der Waals surface area contributed by atoms with Crippen LogP contribution < -0.4 is 19.7 Å². The highest BCUT2D eigenvalue weighted by Gasteiger charge is 2.33. The molecular formula is C27H27N3O5. The smallest absolute Gasteiger partial charge is 0.265 e. The molecule has 0 radical (unpaired) electrons. The quantitative estimate of drug-likeness (QED) is 0.504. The molecule has 1 aromatic heterocycles. The third kappa shape index (κ3) is 5.48. The fourth-order valence-corrected chi connectivity index (χ4v) is 3.91. The summed E-state index contributed by atoms with van der Waals surface area (Å²) in [6, 6.07) is 13.4. The van der Waals surface area contributed by atoms with Crippen molar-refractivity contribution >= 4 is 23.3 Å². The van der Waals surface area contributed by atoms with Crippen molar-refractivity contribution < 1.29 is 23.9 Å². The van der Waals surface area contributed by atoms with Crippen LogP contribution in [0.3, 0.4) is 0 Å². The zero-order valence-electron chi connectivity index (χ0n) is 19.9. The Kier molecular flexibility index (Phi) is 7.10. The molecule has 0 aliphatic carbocycles. The fourth-order valence-electron chi connectivity index (χ4n) is 3.91. The van der Waals surface area contributed by atoms with Gasteiger partial charge < -0.3 is 14.8 Å². The van der Waals surface area contributed by atoms with Gasteiger partial charge in [0.05, 0.1) is 5.69 Å². The van der Waals surface area contributed by atoms with Gasteiger partial charge in [0, 0.05) is 24.5 Å². The molecule has 2 aromatic carbocycles. The molecule has 8 nitrogen and oxygen atoms in total. The van der Waals surface area contributed by atoms with Crippen molar-refractivity contribution in [3.05, 3.63) is 83.2 Å². The first-order valence-corrected chi connectivity index (χ1v) is 11.3. The van der Waals surface area contributed by atoms with Gasteiger partial charge in [-0.25, -0.2) is 0 Å². The summed E-state index contributed by atoms with van der Waals surface area (Å²) in [5, 5.41) is 2.83.